The van der Waals surface area contributed by atoms with Gasteiger partial charge < -0.3 is 4.90 Å². The molecule has 1 saturated carbocycles. The Morgan fingerprint density at radius 3 is 3.25 bits per heavy atom. The fourth-order valence-electron chi connectivity index (χ4n) is 2.65. The summed E-state index contributed by atoms with van der Waals surface area (Å²) in [5.74, 6) is 0.678. The molecule has 0 spiro atoms. The highest BCUT2D eigenvalue weighted by Crippen LogP contribution is 2.41. The van der Waals surface area contributed by atoms with Crippen LogP contribution in [-0.4, -0.2) is 25.0 Å². The van der Waals surface area contributed by atoms with Crippen LogP contribution in [0.1, 0.15) is 19.3 Å². The first-order valence-corrected chi connectivity index (χ1v) is 4.70. The molecule has 65 valence electrons. The van der Waals surface area contributed by atoms with E-state index in [1.165, 1.54) is 12.8 Å². The second kappa shape index (κ2) is 2.74. The lowest BCUT2D eigenvalue weighted by atomic mass is 9.67. The van der Waals surface area contributed by atoms with Crippen LogP contribution in [0.2, 0.25) is 0 Å². The molecule has 1 aliphatic heterocycles. The number of hydrogen-bond acceptors (Lipinski definition) is 2. The Morgan fingerprint density at radius 2 is 2.50 bits per heavy atom. The first-order valence-electron chi connectivity index (χ1n) is 4.70. The third kappa shape index (κ3) is 1.23. The molecule has 1 saturated heterocycles. The van der Waals surface area contributed by atoms with Crippen molar-refractivity contribution in [3.63, 3.8) is 0 Å². The number of nitriles is 1. The molecule has 0 aromatic carbocycles. The van der Waals surface area contributed by atoms with Crippen LogP contribution in [0.25, 0.3) is 0 Å². The van der Waals surface area contributed by atoms with Gasteiger partial charge in [-0.1, -0.05) is 6.42 Å². The van der Waals surface area contributed by atoms with Crippen molar-refractivity contribution >= 4 is 0 Å². The van der Waals surface area contributed by atoms with Crippen molar-refractivity contribution in [1.82, 2.24) is 4.90 Å². The van der Waals surface area contributed by atoms with Crippen LogP contribution in [0.3, 0.4) is 0 Å². The average molecular weight is 163 g/mol. The van der Waals surface area contributed by atoms with Gasteiger partial charge in [0.15, 0.2) is 0 Å². The molecule has 12 heavy (non-hydrogen) atoms. The summed E-state index contributed by atoms with van der Waals surface area (Å²) < 4.78 is 0. The topological polar surface area (TPSA) is 27.0 Å². The van der Waals surface area contributed by atoms with E-state index in [9.17, 15) is 0 Å². The van der Waals surface area contributed by atoms with Gasteiger partial charge in [-0.15, -0.1) is 0 Å². The molecule has 0 aromatic heterocycles. The fourth-order valence-corrected chi connectivity index (χ4v) is 2.65. The first-order chi connectivity index (χ1) is 5.74. The van der Waals surface area contributed by atoms with E-state index in [1.807, 2.05) is 0 Å². The molecular weight excluding hydrogens is 148 g/mol. The molecule has 1 aliphatic carbocycles. The van der Waals surface area contributed by atoms with E-state index in [2.05, 4.69) is 24.4 Å². The van der Waals surface area contributed by atoms with Gasteiger partial charge >= 0.3 is 0 Å². The molecule has 0 amide bonds. The Hall–Kier alpha value is -0.550. The monoisotopic (exact) mass is 163 g/mol. The summed E-state index contributed by atoms with van der Waals surface area (Å²) in [7, 11) is 2.12. The van der Waals surface area contributed by atoms with E-state index in [0.29, 0.717) is 5.92 Å². The average Bonchev–Trinajstić information content (AvgIpc) is 2.03. The van der Waals surface area contributed by atoms with Gasteiger partial charge in [-0.25, -0.2) is 0 Å². The molecule has 2 bridgehead atoms. The van der Waals surface area contributed by atoms with E-state index < -0.39 is 0 Å². The second-order valence-corrected chi connectivity index (χ2v) is 4.28. The van der Waals surface area contributed by atoms with Crippen molar-refractivity contribution < 1.29 is 0 Å². The summed E-state index contributed by atoms with van der Waals surface area (Å²) in [6.07, 6.45) is 5.90. The molecule has 2 nitrogen and oxygen atoms in total. The van der Waals surface area contributed by atoms with Gasteiger partial charge in [0.05, 0.1) is 11.5 Å². The van der Waals surface area contributed by atoms with Crippen LogP contribution in [0.5, 0.6) is 0 Å². The minimum absolute atomic E-state index is 0.101. The minimum Gasteiger partial charge on any atom is -0.304 e. The summed E-state index contributed by atoms with van der Waals surface area (Å²) in [5.41, 5.74) is -0.101. The van der Waals surface area contributed by atoms with Gasteiger partial charge in [0, 0.05) is 13.1 Å². The predicted molar refractivity (Wildman–Crippen MR) is 47.2 cm³/mol. The highest BCUT2D eigenvalue weighted by Gasteiger charge is 2.41. The molecule has 2 heteroatoms. The summed E-state index contributed by atoms with van der Waals surface area (Å²) >= 11 is 0. The van der Waals surface area contributed by atoms with Gasteiger partial charge in [0.25, 0.3) is 0 Å². The summed E-state index contributed by atoms with van der Waals surface area (Å²) in [4.78, 5) is 2.30. The Morgan fingerprint density at radius 1 is 1.67 bits per heavy atom. The van der Waals surface area contributed by atoms with Crippen molar-refractivity contribution in [3.05, 3.63) is 6.42 Å². The number of nitrogens with zero attached hydrogens (tertiary/aromatic N) is 2. The highest BCUT2D eigenvalue weighted by molar-refractivity contribution is 5.16. The Kier molecular flexibility index (Phi) is 1.84. The second-order valence-electron chi connectivity index (χ2n) is 4.28. The maximum atomic E-state index is 9.10. The lowest BCUT2D eigenvalue weighted by molar-refractivity contribution is 0.119. The first kappa shape index (κ1) is 8.07. The largest absolute Gasteiger partial charge is 0.304 e. The third-order valence-corrected chi connectivity index (χ3v) is 3.07. The minimum atomic E-state index is -0.101. The molecule has 2 aliphatic rings. The van der Waals surface area contributed by atoms with E-state index in [1.54, 1.807) is 0 Å². The molecule has 2 atom stereocenters. The number of rotatable bonds is 0. The number of piperidine rings is 1. The number of fused-ring (bicyclic) bond motifs is 2. The Labute approximate surface area is 74.2 Å². The van der Waals surface area contributed by atoms with Crippen LogP contribution >= 0.6 is 0 Å². The van der Waals surface area contributed by atoms with Crippen molar-refractivity contribution in [2.24, 2.45) is 11.3 Å². The van der Waals surface area contributed by atoms with Gasteiger partial charge in [-0.3, -0.25) is 0 Å². The van der Waals surface area contributed by atoms with Crippen molar-refractivity contribution in [1.29, 1.82) is 5.26 Å². The van der Waals surface area contributed by atoms with Crippen LogP contribution in [-0.2, 0) is 0 Å². The van der Waals surface area contributed by atoms with Gasteiger partial charge in [-0.05, 0) is 32.2 Å². The molecule has 1 heterocycles. The molecule has 0 aromatic rings. The molecule has 1 radical (unpaired) electrons. The van der Waals surface area contributed by atoms with Crippen LogP contribution < -0.4 is 0 Å². The zero-order valence-electron chi connectivity index (χ0n) is 7.58. The van der Waals surface area contributed by atoms with Crippen LogP contribution in [0.15, 0.2) is 0 Å². The highest BCUT2D eigenvalue weighted by atomic mass is 15.1. The standard InChI is InChI=1S/C10H15N2/c1-12-6-9-3-2-4-10(5-9,7-11)8-12/h5,9H,2-4,6,8H2,1H3. The van der Waals surface area contributed by atoms with Crippen molar-refractivity contribution in [2.45, 2.75) is 19.3 Å². The lowest BCUT2D eigenvalue weighted by Crippen LogP contribution is -2.47. The molecule has 2 fully saturated rings. The zero-order valence-corrected chi connectivity index (χ0v) is 7.58. The fraction of sp³-hybridized carbons (Fsp3) is 0.800. The molecule has 0 N–H and O–H groups in total. The number of likely N-dealkylation sites (tertiary alicyclic amines) is 1. The van der Waals surface area contributed by atoms with Gasteiger partial charge in [0.2, 0.25) is 0 Å². The van der Waals surface area contributed by atoms with E-state index in [4.69, 9.17) is 5.26 Å². The zero-order chi connectivity index (χ0) is 8.60. The maximum absolute atomic E-state index is 9.10. The van der Waals surface area contributed by atoms with Crippen LogP contribution in [0, 0.1) is 29.1 Å². The van der Waals surface area contributed by atoms with E-state index in [0.717, 1.165) is 19.5 Å². The Bertz CT molecular complexity index is 214. The molecule has 2 rings (SSSR count). The van der Waals surface area contributed by atoms with E-state index in [-0.39, 0.29) is 5.41 Å². The Balaban J connectivity index is 2.17. The number of hydrogen-bond donors (Lipinski definition) is 0. The predicted octanol–water partition coefficient (Wildman–Crippen LogP) is 1.45. The summed E-state index contributed by atoms with van der Waals surface area (Å²) in [6.45, 7) is 2.10. The lowest BCUT2D eigenvalue weighted by Gasteiger charge is -2.44. The van der Waals surface area contributed by atoms with Crippen molar-refractivity contribution in [2.75, 3.05) is 20.1 Å². The van der Waals surface area contributed by atoms with Gasteiger partial charge in [-0.2, -0.15) is 5.26 Å². The van der Waals surface area contributed by atoms with Crippen molar-refractivity contribution in [3.8, 4) is 6.07 Å². The van der Waals surface area contributed by atoms with E-state index >= 15 is 0 Å². The maximum Gasteiger partial charge on any atom is 0.0735 e. The quantitative estimate of drug-likeness (QED) is 0.540. The normalized spacial score (nSPS) is 42.2. The summed E-state index contributed by atoms with van der Waals surface area (Å²) in [5, 5.41) is 9.10. The van der Waals surface area contributed by atoms with Crippen LogP contribution in [0.4, 0.5) is 0 Å². The molecular formula is C10H15N2. The summed E-state index contributed by atoms with van der Waals surface area (Å²) in [6, 6.07) is 2.48. The van der Waals surface area contributed by atoms with Gasteiger partial charge in [0.1, 0.15) is 0 Å². The third-order valence-electron chi connectivity index (χ3n) is 3.07. The SMILES string of the molecule is CN1CC2[CH]C(C#N)(CCC2)C1. The smallest absolute Gasteiger partial charge is 0.0735 e. The molecule has 2 unspecified atom stereocenters.